The van der Waals surface area contributed by atoms with Crippen LogP contribution < -0.4 is 0 Å². The number of hydrogen-bond acceptors (Lipinski definition) is 12. The molecular formula is C30H26N8O7S2. The van der Waals surface area contributed by atoms with Crippen molar-refractivity contribution in [2.75, 3.05) is 12.3 Å². The number of amides is 1. The summed E-state index contributed by atoms with van der Waals surface area (Å²) < 4.78 is 7.30. The van der Waals surface area contributed by atoms with Gasteiger partial charge in [0.05, 0.1) is 27.9 Å². The minimum Gasteiger partial charge on any atom is -0.456 e. The molecule has 0 saturated carbocycles. The molecule has 47 heavy (non-hydrogen) atoms. The number of ketones is 1. The number of imidazole rings is 1. The average molecular weight is 675 g/mol. The van der Waals surface area contributed by atoms with Crippen LogP contribution in [0.5, 0.6) is 0 Å². The van der Waals surface area contributed by atoms with E-state index >= 15 is 0 Å². The second-order valence-electron chi connectivity index (χ2n) is 11.0. The summed E-state index contributed by atoms with van der Waals surface area (Å²) in [4.78, 5) is 65.4. The molecule has 0 radical (unpaired) electrons. The molecule has 0 aliphatic carbocycles. The van der Waals surface area contributed by atoms with Gasteiger partial charge in [-0.05, 0) is 36.2 Å². The van der Waals surface area contributed by atoms with Crippen LogP contribution >= 0.6 is 23.1 Å². The molecular weight excluding hydrogens is 649 g/mol. The number of carbonyl (C=O) groups excluding carboxylic acids is 3. The molecule has 1 saturated heterocycles. The average Bonchev–Trinajstić information content (AvgIpc) is 3.71. The van der Waals surface area contributed by atoms with Crippen LogP contribution in [-0.2, 0) is 20.9 Å². The summed E-state index contributed by atoms with van der Waals surface area (Å²) in [6.07, 6.45) is 5.38. The number of thioether (sulfide) groups is 1. The molecule has 1 aromatic carbocycles. The summed E-state index contributed by atoms with van der Waals surface area (Å²) in [6, 6.07) is 6.83. The number of hydrogen-bond donors (Lipinski definition) is 1. The largest absolute Gasteiger partial charge is 0.456 e. The Labute approximate surface area is 274 Å². The lowest BCUT2D eigenvalue weighted by atomic mass is 9.77. The first kappa shape index (κ1) is 31.9. The number of thiazole rings is 1. The Bertz CT molecular complexity index is 2000. The van der Waals surface area contributed by atoms with Crippen molar-refractivity contribution < 1.29 is 29.2 Å². The summed E-state index contributed by atoms with van der Waals surface area (Å²) in [6.45, 7) is 3.53. The van der Waals surface area contributed by atoms with Crippen LogP contribution in [0.3, 0.4) is 0 Å². The van der Waals surface area contributed by atoms with Crippen molar-refractivity contribution in [1.29, 1.82) is 0 Å². The number of benzene rings is 1. The molecule has 5 heterocycles. The quantitative estimate of drug-likeness (QED) is 0.0210. The molecule has 2 aliphatic rings. The molecule has 0 bridgehead atoms. The van der Waals surface area contributed by atoms with E-state index in [1.807, 2.05) is 6.92 Å². The molecule has 0 unspecified atom stereocenters. The summed E-state index contributed by atoms with van der Waals surface area (Å²) in [5, 5.41) is 24.9. The van der Waals surface area contributed by atoms with Gasteiger partial charge in [0, 0.05) is 69.9 Å². The summed E-state index contributed by atoms with van der Waals surface area (Å²) >= 11 is 2.64. The van der Waals surface area contributed by atoms with Gasteiger partial charge in [-0.25, -0.2) is 9.78 Å². The molecule has 4 atom stereocenters. The number of aromatic nitrogens is 3. The smallest absolute Gasteiger partial charge is 0.355 e. The zero-order valence-corrected chi connectivity index (χ0v) is 26.6. The van der Waals surface area contributed by atoms with Crippen LogP contribution in [0.4, 0.5) is 5.69 Å². The predicted octanol–water partition coefficient (Wildman–Crippen LogP) is 4.64. The molecule has 2 aliphatic heterocycles. The molecule has 0 spiro atoms. The Morgan fingerprint density at radius 1 is 1.30 bits per heavy atom. The lowest BCUT2D eigenvalue weighted by Crippen LogP contribution is -2.63. The third kappa shape index (κ3) is 5.85. The van der Waals surface area contributed by atoms with Crippen LogP contribution in [0.2, 0.25) is 0 Å². The van der Waals surface area contributed by atoms with Gasteiger partial charge < -0.3 is 14.7 Å². The second kappa shape index (κ2) is 13.0. The third-order valence-corrected chi connectivity index (χ3v) is 10.2. The Hall–Kier alpha value is -5.09. The van der Waals surface area contributed by atoms with E-state index in [0.717, 1.165) is 4.90 Å². The number of aliphatic hydroxyl groups is 1. The highest BCUT2D eigenvalue weighted by Crippen LogP contribution is 2.52. The molecule has 1 fully saturated rings. The number of nitrogens with zero attached hydrogens (tertiary/aromatic N) is 8. The van der Waals surface area contributed by atoms with Gasteiger partial charge >= 0.3 is 5.97 Å². The van der Waals surface area contributed by atoms with E-state index in [1.165, 1.54) is 64.8 Å². The maximum Gasteiger partial charge on any atom is 0.355 e. The van der Waals surface area contributed by atoms with E-state index in [4.69, 9.17) is 10.3 Å². The number of ether oxygens (including phenoxy) is 1. The molecule has 15 nitrogen and oxygen atoms in total. The van der Waals surface area contributed by atoms with Crippen LogP contribution in [0.15, 0.2) is 71.0 Å². The summed E-state index contributed by atoms with van der Waals surface area (Å²) in [5.41, 5.74) is 10.0. The lowest BCUT2D eigenvalue weighted by Gasteiger charge is -2.46. The van der Waals surface area contributed by atoms with E-state index in [0.29, 0.717) is 38.7 Å². The Morgan fingerprint density at radius 3 is 2.77 bits per heavy atom. The number of pyridine rings is 1. The van der Waals surface area contributed by atoms with Gasteiger partial charge in [0.1, 0.15) is 29.2 Å². The van der Waals surface area contributed by atoms with Crippen LogP contribution in [0, 0.1) is 22.0 Å². The normalized spacial score (nSPS) is 19.3. The number of nitro groups is 1. The molecule has 240 valence electrons. The van der Waals surface area contributed by atoms with Crippen molar-refractivity contribution in [3.63, 3.8) is 0 Å². The van der Waals surface area contributed by atoms with Gasteiger partial charge in [0.2, 0.25) is 11.7 Å². The van der Waals surface area contributed by atoms with E-state index in [2.05, 4.69) is 20.0 Å². The van der Waals surface area contributed by atoms with E-state index in [1.54, 1.807) is 29.8 Å². The third-order valence-electron chi connectivity index (χ3n) is 8.07. The van der Waals surface area contributed by atoms with Crippen molar-refractivity contribution in [3.05, 3.63) is 103 Å². The Balaban J connectivity index is 1.31. The number of β-lactam (4-membered cyclic amide) rings is 1. The maximum absolute atomic E-state index is 13.6. The number of non-ortho nitro benzene ring substituents is 1. The zero-order valence-electron chi connectivity index (χ0n) is 24.9. The van der Waals surface area contributed by atoms with E-state index in [-0.39, 0.29) is 41.3 Å². The van der Waals surface area contributed by atoms with Crippen molar-refractivity contribution in [2.45, 2.75) is 37.5 Å². The van der Waals surface area contributed by atoms with Crippen LogP contribution in [-0.4, -0.2) is 71.4 Å². The predicted molar refractivity (Wildman–Crippen MR) is 170 cm³/mol. The first-order valence-corrected chi connectivity index (χ1v) is 16.2. The number of fused-ring (bicyclic) bond motifs is 2. The summed E-state index contributed by atoms with van der Waals surface area (Å²) in [5.74, 6) is -2.02. The fourth-order valence-corrected chi connectivity index (χ4v) is 7.87. The highest BCUT2D eigenvalue weighted by molar-refractivity contribution is 7.99. The van der Waals surface area contributed by atoms with Gasteiger partial charge in [-0.3, -0.25) is 29.1 Å². The van der Waals surface area contributed by atoms with Crippen molar-refractivity contribution in [1.82, 2.24) is 19.3 Å². The number of carbonyl (C=O) groups is 3. The van der Waals surface area contributed by atoms with Gasteiger partial charge in [-0.2, -0.15) is 0 Å². The molecule has 6 rings (SSSR count). The molecule has 17 heteroatoms. The highest BCUT2D eigenvalue weighted by atomic mass is 32.2. The number of aliphatic hydroxyl groups excluding tert-OH is 1. The fourth-order valence-electron chi connectivity index (χ4n) is 5.90. The van der Waals surface area contributed by atoms with E-state index in [9.17, 15) is 29.6 Å². The Kier molecular flexibility index (Phi) is 8.79. The van der Waals surface area contributed by atoms with E-state index < -0.39 is 29.0 Å². The first-order valence-electron chi connectivity index (χ1n) is 14.4. The van der Waals surface area contributed by atoms with Crippen LogP contribution in [0.1, 0.15) is 40.3 Å². The first-order chi connectivity index (χ1) is 22.6. The topological polar surface area (TPSA) is 206 Å². The van der Waals surface area contributed by atoms with Crippen molar-refractivity contribution in [3.8, 4) is 0 Å². The number of rotatable bonds is 12. The maximum atomic E-state index is 13.6. The monoisotopic (exact) mass is 674 g/mol. The van der Waals surface area contributed by atoms with Gasteiger partial charge in [0.15, 0.2) is 0 Å². The molecule has 1 N–H and O–H groups in total. The minimum atomic E-state index is -0.933. The van der Waals surface area contributed by atoms with Crippen molar-refractivity contribution in [2.24, 2.45) is 17.0 Å². The molecule has 4 aromatic rings. The lowest BCUT2D eigenvalue weighted by molar-refractivity contribution is -0.384. The highest BCUT2D eigenvalue weighted by Gasteiger charge is 2.60. The standard InChI is InChI=1S/C30H26N8O7S2/c1-15-22(21-12-36-14-33-24(29(36)47-21)27(40)18-9-20(11-32-10-18)46-8-7-34-35-31)26(37-25(15)23(16(2)39)28(37)41)30(42)45-13-17-3-5-19(6-4-17)38(43)44/h3-6,9-12,14-16,23,25,39H,7-8,13H2,1-2H3/t15-,16+,23+,25+/m0/s1. The van der Waals surface area contributed by atoms with Gasteiger partial charge in [-0.1, -0.05) is 12.0 Å². The van der Waals surface area contributed by atoms with Gasteiger partial charge in [0.25, 0.3) is 5.69 Å². The Morgan fingerprint density at radius 2 is 2.06 bits per heavy atom. The van der Waals surface area contributed by atoms with Gasteiger partial charge in [-0.15, -0.1) is 23.1 Å². The minimum absolute atomic E-state index is 0.0614. The second-order valence-corrected chi connectivity index (χ2v) is 13.2. The zero-order chi connectivity index (χ0) is 33.4. The molecule has 1 amide bonds. The molecule has 3 aromatic heterocycles. The fraction of sp³-hybridized carbons (Fsp3) is 0.300. The SMILES string of the molecule is C[C@@H](O)[C@H]1C(=O)N2C(C(=O)OCc3ccc([N+](=O)[O-])cc3)=C(c3cn4cnc(C(=O)c5cncc(SCCN=[N+]=[N-])c5)c4s3)[C@H](C)[C@H]12. The summed E-state index contributed by atoms with van der Waals surface area (Å²) in [7, 11) is 0. The number of nitro benzene ring substituents is 1. The number of esters is 1. The van der Waals surface area contributed by atoms with Crippen LogP contribution in [0.25, 0.3) is 20.8 Å². The van der Waals surface area contributed by atoms with Crippen molar-refractivity contribution >= 4 is 56.8 Å². The number of azide groups is 1.